The maximum Gasteiger partial charge on any atom is 0.311 e. The molecule has 144 valence electrons. The van der Waals surface area contributed by atoms with Crippen LogP contribution in [0.1, 0.15) is 24.4 Å². The molecule has 0 unspecified atom stereocenters. The maximum absolute atomic E-state index is 12.6. The van der Waals surface area contributed by atoms with Crippen molar-refractivity contribution in [1.29, 1.82) is 0 Å². The number of aromatic nitrogens is 4. The first-order valence-electron chi connectivity index (χ1n) is 8.59. The first kappa shape index (κ1) is 19.1. The van der Waals surface area contributed by atoms with Crippen LogP contribution in [-0.2, 0) is 21.4 Å². The van der Waals surface area contributed by atoms with E-state index >= 15 is 0 Å². The highest BCUT2D eigenvalue weighted by Crippen LogP contribution is 2.36. The van der Waals surface area contributed by atoms with E-state index in [1.165, 1.54) is 0 Å². The molecule has 0 bridgehead atoms. The van der Waals surface area contributed by atoms with Crippen molar-refractivity contribution >= 4 is 29.3 Å². The van der Waals surface area contributed by atoms with E-state index in [9.17, 15) is 9.59 Å². The first-order valence-corrected chi connectivity index (χ1v) is 8.97. The fourth-order valence-electron chi connectivity index (χ4n) is 3.18. The first-order chi connectivity index (χ1) is 13.0. The van der Waals surface area contributed by atoms with Gasteiger partial charge in [0.15, 0.2) is 5.15 Å². The molecule has 1 aliphatic heterocycles. The van der Waals surface area contributed by atoms with Gasteiger partial charge in [-0.05, 0) is 18.6 Å². The van der Waals surface area contributed by atoms with E-state index < -0.39 is 5.92 Å². The van der Waals surface area contributed by atoms with Gasteiger partial charge in [-0.15, -0.1) is 10.2 Å². The molecule has 0 aromatic carbocycles. The standard InChI is InChI=1S/C17H21ClN6O3/c1-23-10-11(9-20-23)16-12(3-6-15(25)24(16)2)17(26)27-8-7-19-14-5-4-13(18)21-22-14/h4-5,9-10,12,16H,3,6-8H2,1-2H3,(H,19,22)/t12-,16-/m1/s1. The van der Waals surface area contributed by atoms with Crippen molar-refractivity contribution in [3.8, 4) is 0 Å². The molecule has 1 saturated heterocycles. The van der Waals surface area contributed by atoms with Crippen LogP contribution < -0.4 is 5.32 Å². The molecule has 2 aromatic rings. The van der Waals surface area contributed by atoms with Crippen LogP contribution in [0.25, 0.3) is 0 Å². The summed E-state index contributed by atoms with van der Waals surface area (Å²) in [7, 11) is 3.51. The summed E-state index contributed by atoms with van der Waals surface area (Å²) in [4.78, 5) is 26.3. The molecule has 3 heterocycles. The zero-order chi connectivity index (χ0) is 19.4. The van der Waals surface area contributed by atoms with E-state index in [4.69, 9.17) is 16.3 Å². The van der Waals surface area contributed by atoms with Gasteiger partial charge in [0.1, 0.15) is 12.4 Å². The molecule has 1 N–H and O–H groups in total. The fraction of sp³-hybridized carbons (Fsp3) is 0.471. The predicted molar refractivity (Wildman–Crippen MR) is 97.9 cm³/mol. The van der Waals surface area contributed by atoms with Crippen molar-refractivity contribution < 1.29 is 14.3 Å². The molecular weight excluding hydrogens is 372 g/mol. The average molecular weight is 393 g/mol. The summed E-state index contributed by atoms with van der Waals surface area (Å²) in [5.41, 5.74) is 0.824. The van der Waals surface area contributed by atoms with Crippen LogP contribution in [-0.4, -0.2) is 57.0 Å². The Hall–Kier alpha value is -2.68. The maximum atomic E-state index is 12.6. The second-order valence-electron chi connectivity index (χ2n) is 6.38. The van der Waals surface area contributed by atoms with Gasteiger partial charge < -0.3 is 15.0 Å². The smallest absolute Gasteiger partial charge is 0.311 e. The molecule has 0 radical (unpaired) electrons. The molecule has 10 heteroatoms. The van der Waals surface area contributed by atoms with Gasteiger partial charge in [0.2, 0.25) is 5.91 Å². The highest BCUT2D eigenvalue weighted by molar-refractivity contribution is 6.29. The lowest BCUT2D eigenvalue weighted by Gasteiger charge is -2.37. The monoisotopic (exact) mass is 392 g/mol. The van der Waals surface area contributed by atoms with Crippen LogP contribution >= 0.6 is 11.6 Å². The van der Waals surface area contributed by atoms with Crippen LogP contribution in [0, 0.1) is 5.92 Å². The highest BCUT2D eigenvalue weighted by Gasteiger charge is 2.40. The summed E-state index contributed by atoms with van der Waals surface area (Å²) in [6.07, 6.45) is 4.28. The second-order valence-corrected chi connectivity index (χ2v) is 6.76. The summed E-state index contributed by atoms with van der Waals surface area (Å²) in [6, 6.07) is 2.94. The summed E-state index contributed by atoms with van der Waals surface area (Å²) in [5, 5.41) is 15.1. The lowest BCUT2D eigenvalue weighted by molar-refractivity contribution is -0.155. The summed E-state index contributed by atoms with van der Waals surface area (Å²) < 4.78 is 7.08. The molecule has 1 fully saturated rings. The number of carbonyl (C=O) groups excluding carboxylic acids is 2. The van der Waals surface area contributed by atoms with Crippen molar-refractivity contribution in [2.45, 2.75) is 18.9 Å². The quantitative estimate of drug-likeness (QED) is 0.586. The summed E-state index contributed by atoms with van der Waals surface area (Å²) >= 11 is 5.68. The SMILES string of the molecule is CN1C(=O)CC[C@@H](C(=O)OCCNc2ccc(Cl)nn2)[C@H]1c1cnn(C)c1. The summed E-state index contributed by atoms with van der Waals surface area (Å²) in [5.74, 6) is -0.193. The molecule has 0 spiro atoms. The largest absolute Gasteiger partial charge is 0.464 e. The molecule has 27 heavy (non-hydrogen) atoms. The van der Waals surface area contributed by atoms with E-state index in [1.54, 1.807) is 42.0 Å². The van der Waals surface area contributed by atoms with Gasteiger partial charge in [-0.25, -0.2) is 0 Å². The molecule has 2 aromatic heterocycles. The third kappa shape index (κ3) is 4.54. The van der Waals surface area contributed by atoms with Crippen LogP contribution in [0.3, 0.4) is 0 Å². The van der Waals surface area contributed by atoms with Crippen molar-refractivity contribution in [2.24, 2.45) is 13.0 Å². The number of hydrogen-bond donors (Lipinski definition) is 1. The van der Waals surface area contributed by atoms with Gasteiger partial charge in [0.25, 0.3) is 0 Å². The molecule has 1 amide bonds. The van der Waals surface area contributed by atoms with Crippen molar-refractivity contribution in [1.82, 2.24) is 24.9 Å². The van der Waals surface area contributed by atoms with Gasteiger partial charge in [-0.1, -0.05) is 11.6 Å². The Morgan fingerprint density at radius 3 is 2.85 bits per heavy atom. The van der Waals surface area contributed by atoms with Crippen LogP contribution in [0.2, 0.25) is 5.15 Å². The van der Waals surface area contributed by atoms with E-state index in [-0.39, 0.29) is 24.5 Å². The minimum atomic E-state index is -0.424. The van der Waals surface area contributed by atoms with Crippen LogP contribution in [0.5, 0.6) is 0 Å². The second kappa shape index (κ2) is 8.34. The van der Waals surface area contributed by atoms with Gasteiger partial charge >= 0.3 is 5.97 Å². The minimum Gasteiger partial charge on any atom is -0.464 e. The van der Waals surface area contributed by atoms with Crippen molar-refractivity contribution in [3.63, 3.8) is 0 Å². The molecule has 0 aliphatic carbocycles. The predicted octanol–water partition coefficient (Wildman–Crippen LogP) is 1.43. The Labute approximate surface area is 161 Å². The van der Waals surface area contributed by atoms with E-state index in [1.807, 2.05) is 6.20 Å². The number of likely N-dealkylation sites (tertiary alicyclic amines) is 1. The lowest BCUT2D eigenvalue weighted by Crippen LogP contribution is -2.43. The number of halogens is 1. The molecular formula is C17H21ClN6O3. The number of rotatable bonds is 6. The van der Waals surface area contributed by atoms with Crippen molar-refractivity contribution in [3.05, 3.63) is 35.2 Å². The number of nitrogens with zero attached hydrogens (tertiary/aromatic N) is 5. The van der Waals surface area contributed by atoms with Crippen LogP contribution in [0.4, 0.5) is 5.82 Å². The zero-order valence-electron chi connectivity index (χ0n) is 15.1. The number of hydrogen-bond acceptors (Lipinski definition) is 7. The minimum absolute atomic E-state index is 0.0101. The molecule has 0 saturated carbocycles. The Bertz CT molecular complexity index is 809. The lowest BCUT2D eigenvalue weighted by atomic mass is 9.86. The number of carbonyl (C=O) groups is 2. The average Bonchev–Trinajstić information content (AvgIpc) is 3.08. The molecule has 3 rings (SSSR count). The normalized spacial score (nSPS) is 19.8. The number of aryl methyl sites for hydroxylation is 1. The van der Waals surface area contributed by atoms with Crippen molar-refractivity contribution in [2.75, 3.05) is 25.5 Å². The number of nitrogens with one attached hydrogen (secondary N) is 1. The van der Waals surface area contributed by atoms with E-state index in [0.717, 1.165) is 5.56 Å². The third-order valence-corrected chi connectivity index (χ3v) is 4.72. The van der Waals surface area contributed by atoms with E-state index in [0.29, 0.717) is 30.4 Å². The molecule has 9 nitrogen and oxygen atoms in total. The fourth-order valence-corrected chi connectivity index (χ4v) is 3.28. The molecule has 2 atom stereocenters. The third-order valence-electron chi connectivity index (χ3n) is 4.51. The highest BCUT2D eigenvalue weighted by atomic mass is 35.5. The number of anilines is 1. The van der Waals surface area contributed by atoms with Gasteiger partial charge in [0.05, 0.1) is 24.7 Å². The number of esters is 1. The zero-order valence-corrected chi connectivity index (χ0v) is 15.9. The Morgan fingerprint density at radius 2 is 2.19 bits per heavy atom. The topological polar surface area (TPSA) is 102 Å². The Balaban J connectivity index is 1.58. The van der Waals surface area contributed by atoms with E-state index in [2.05, 4.69) is 20.6 Å². The Morgan fingerprint density at radius 1 is 1.37 bits per heavy atom. The Kier molecular flexibility index (Phi) is 5.90. The summed E-state index contributed by atoms with van der Waals surface area (Å²) in [6.45, 7) is 0.568. The van der Waals surface area contributed by atoms with Gasteiger partial charge in [-0.2, -0.15) is 5.10 Å². The van der Waals surface area contributed by atoms with Gasteiger partial charge in [-0.3, -0.25) is 14.3 Å². The van der Waals surface area contributed by atoms with Gasteiger partial charge in [0, 0.05) is 32.3 Å². The number of amides is 1. The van der Waals surface area contributed by atoms with Crippen LogP contribution in [0.15, 0.2) is 24.5 Å². The molecule has 1 aliphatic rings. The number of ether oxygens (including phenoxy) is 1. The number of piperidine rings is 1.